The minimum absolute atomic E-state index is 0.0884. The van der Waals surface area contributed by atoms with E-state index in [0.717, 1.165) is 24.8 Å². The van der Waals surface area contributed by atoms with Gasteiger partial charge in [-0.05, 0) is 24.3 Å². The van der Waals surface area contributed by atoms with Crippen LogP contribution < -0.4 is 0 Å². The Bertz CT molecular complexity index is 361. The fraction of sp³-hybridized carbons (Fsp3) is 0.500. The van der Waals surface area contributed by atoms with Crippen LogP contribution >= 0.6 is 0 Å². The van der Waals surface area contributed by atoms with Gasteiger partial charge in [0, 0.05) is 6.61 Å². The van der Waals surface area contributed by atoms with Crippen molar-refractivity contribution in [2.45, 2.75) is 25.9 Å². The molecule has 0 bridgehead atoms. The largest absolute Gasteiger partial charge is 0.461 e. The summed E-state index contributed by atoms with van der Waals surface area (Å²) in [6.45, 7) is 0.416. The predicted molar refractivity (Wildman–Crippen MR) is 64.2 cm³/mol. The third-order valence-corrected chi connectivity index (χ3v) is 3.42. The van der Waals surface area contributed by atoms with E-state index in [4.69, 9.17) is 9.84 Å². The van der Waals surface area contributed by atoms with E-state index in [2.05, 4.69) is 0 Å². The highest BCUT2D eigenvalue weighted by molar-refractivity contribution is 5.73. The third-order valence-electron chi connectivity index (χ3n) is 3.42. The Balaban J connectivity index is 1.85. The van der Waals surface area contributed by atoms with Gasteiger partial charge in [0.25, 0.3) is 0 Å². The molecule has 1 aliphatic carbocycles. The predicted octanol–water partition coefficient (Wildman–Crippen LogP) is 2.14. The lowest BCUT2D eigenvalue weighted by Gasteiger charge is -2.15. The minimum atomic E-state index is -0.162. The fourth-order valence-electron chi connectivity index (χ4n) is 2.40. The first-order valence-electron chi connectivity index (χ1n) is 6.12. The van der Waals surface area contributed by atoms with Crippen molar-refractivity contribution in [2.75, 3.05) is 6.61 Å². The Morgan fingerprint density at radius 3 is 2.76 bits per heavy atom. The Labute approximate surface area is 101 Å². The van der Waals surface area contributed by atoms with Crippen LogP contribution in [0.4, 0.5) is 0 Å². The third kappa shape index (κ3) is 3.07. The fourth-order valence-corrected chi connectivity index (χ4v) is 2.40. The standard InChI is InChI=1S/C14H18O3/c15-9-12-7-4-8-13(12)14(16)17-10-11-5-2-1-3-6-11/h1-3,5-6,12-13,15H,4,7-10H2. The second kappa shape index (κ2) is 5.82. The molecule has 0 radical (unpaired) electrons. The Morgan fingerprint density at radius 1 is 1.29 bits per heavy atom. The van der Waals surface area contributed by atoms with E-state index < -0.39 is 0 Å². The van der Waals surface area contributed by atoms with Crippen LogP contribution in [0, 0.1) is 11.8 Å². The molecule has 1 aromatic carbocycles. The molecule has 0 aliphatic heterocycles. The molecule has 92 valence electrons. The van der Waals surface area contributed by atoms with Gasteiger partial charge in [-0.2, -0.15) is 0 Å². The number of hydrogen-bond donors (Lipinski definition) is 1. The summed E-state index contributed by atoms with van der Waals surface area (Å²) >= 11 is 0. The van der Waals surface area contributed by atoms with Crippen molar-refractivity contribution in [3.8, 4) is 0 Å². The molecule has 0 saturated heterocycles. The van der Waals surface area contributed by atoms with Crippen molar-refractivity contribution in [3.05, 3.63) is 35.9 Å². The van der Waals surface area contributed by atoms with Crippen molar-refractivity contribution < 1.29 is 14.6 Å². The van der Waals surface area contributed by atoms with Crippen LogP contribution in [0.1, 0.15) is 24.8 Å². The summed E-state index contributed by atoms with van der Waals surface area (Å²) in [6.07, 6.45) is 2.79. The second-order valence-electron chi connectivity index (χ2n) is 4.57. The number of esters is 1. The lowest BCUT2D eigenvalue weighted by molar-refractivity contribution is -0.151. The molecular formula is C14H18O3. The van der Waals surface area contributed by atoms with Crippen LogP contribution in [0.5, 0.6) is 0 Å². The molecular weight excluding hydrogens is 216 g/mol. The van der Waals surface area contributed by atoms with Gasteiger partial charge < -0.3 is 9.84 Å². The van der Waals surface area contributed by atoms with Crippen molar-refractivity contribution in [3.63, 3.8) is 0 Å². The van der Waals surface area contributed by atoms with E-state index in [1.165, 1.54) is 0 Å². The van der Waals surface area contributed by atoms with Gasteiger partial charge in [-0.3, -0.25) is 4.79 Å². The summed E-state index contributed by atoms with van der Waals surface area (Å²) in [5, 5.41) is 9.16. The first-order valence-corrected chi connectivity index (χ1v) is 6.12. The van der Waals surface area contributed by atoms with Gasteiger partial charge >= 0.3 is 5.97 Å². The zero-order valence-electron chi connectivity index (χ0n) is 9.84. The Kier molecular flexibility index (Phi) is 4.15. The molecule has 1 aromatic rings. The highest BCUT2D eigenvalue weighted by atomic mass is 16.5. The van der Waals surface area contributed by atoms with Gasteiger partial charge in [0.05, 0.1) is 5.92 Å². The summed E-state index contributed by atoms with van der Waals surface area (Å²) in [4.78, 5) is 11.9. The molecule has 1 saturated carbocycles. The molecule has 0 spiro atoms. The molecule has 3 heteroatoms. The van der Waals surface area contributed by atoms with Crippen molar-refractivity contribution in [1.29, 1.82) is 0 Å². The summed E-state index contributed by atoms with van der Waals surface area (Å²) in [5.41, 5.74) is 0.999. The smallest absolute Gasteiger partial charge is 0.309 e. The van der Waals surface area contributed by atoms with Gasteiger partial charge in [0.1, 0.15) is 6.61 Å². The Hall–Kier alpha value is -1.35. The number of carbonyl (C=O) groups excluding carboxylic acids is 1. The first kappa shape index (κ1) is 12.1. The van der Waals surface area contributed by atoms with Crippen molar-refractivity contribution in [1.82, 2.24) is 0 Å². The van der Waals surface area contributed by atoms with Crippen LogP contribution in [0.25, 0.3) is 0 Å². The normalized spacial score (nSPS) is 23.6. The highest BCUT2D eigenvalue weighted by Crippen LogP contribution is 2.32. The van der Waals surface area contributed by atoms with Crippen LogP contribution in [0.2, 0.25) is 0 Å². The number of benzene rings is 1. The first-order chi connectivity index (χ1) is 8.31. The number of aliphatic hydroxyl groups excluding tert-OH is 1. The van der Waals surface area contributed by atoms with E-state index in [9.17, 15) is 4.79 Å². The van der Waals surface area contributed by atoms with Crippen molar-refractivity contribution in [2.24, 2.45) is 11.8 Å². The molecule has 1 N–H and O–H groups in total. The molecule has 2 unspecified atom stereocenters. The van der Waals surface area contributed by atoms with Crippen LogP contribution in [-0.4, -0.2) is 17.7 Å². The average molecular weight is 234 g/mol. The van der Waals surface area contributed by atoms with Crippen LogP contribution in [-0.2, 0) is 16.1 Å². The van der Waals surface area contributed by atoms with Gasteiger partial charge in [-0.25, -0.2) is 0 Å². The van der Waals surface area contributed by atoms with E-state index in [0.29, 0.717) is 6.61 Å². The average Bonchev–Trinajstić information content (AvgIpc) is 2.85. The maximum absolute atomic E-state index is 11.9. The molecule has 3 nitrogen and oxygen atoms in total. The number of carbonyl (C=O) groups is 1. The van der Waals surface area contributed by atoms with Crippen LogP contribution in [0.15, 0.2) is 30.3 Å². The highest BCUT2D eigenvalue weighted by Gasteiger charge is 2.33. The summed E-state index contributed by atoms with van der Waals surface area (Å²) < 4.78 is 5.29. The van der Waals surface area contributed by atoms with Crippen LogP contribution in [0.3, 0.4) is 0 Å². The van der Waals surface area contributed by atoms with Crippen molar-refractivity contribution >= 4 is 5.97 Å². The second-order valence-corrected chi connectivity index (χ2v) is 4.57. The van der Waals surface area contributed by atoms with Gasteiger partial charge in [0.2, 0.25) is 0 Å². The summed E-state index contributed by atoms with van der Waals surface area (Å²) in [5.74, 6) is -0.174. The lowest BCUT2D eigenvalue weighted by Crippen LogP contribution is -2.23. The lowest BCUT2D eigenvalue weighted by atomic mass is 9.97. The molecule has 0 heterocycles. The zero-order chi connectivity index (χ0) is 12.1. The summed E-state index contributed by atoms with van der Waals surface area (Å²) in [6, 6.07) is 9.66. The van der Waals surface area contributed by atoms with Gasteiger partial charge in [0.15, 0.2) is 0 Å². The van der Waals surface area contributed by atoms with E-state index in [1.54, 1.807) is 0 Å². The molecule has 2 rings (SSSR count). The molecule has 0 aromatic heterocycles. The maximum atomic E-state index is 11.9. The number of rotatable bonds is 4. The van der Waals surface area contributed by atoms with Gasteiger partial charge in [-0.15, -0.1) is 0 Å². The monoisotopic (exact) mass is 234 g/mol. The molecule has 17 heavy (non-hydrogen) atoms. The van der Waals surface area contributed by atoms with E-state index in [-0.39, 0.29) is 24.4 Å². The minimum Gasteiger partial charge on any atom is -0.461 e. The quantitative estimate of drug-likeness (QED) is 0.812. The number of aliphatic hydroxyl groups is 1. The molecule has 0 amide bonds. The zero-order valence-corrected chi connectivity index (χ0v) is 9.84. The topological polar surface area (TPSA) is 46.5 Å². The number of hydrogen-bond acceptors (Lipinski definition) is 3. The molecule has 2 atom stereocenters. The molecule has 1 fully saturated rings. The van der Waals surface area contributed by atoms with E-state index >= 15 is 0 Å². The number of ether oxygens (including phenoxy) is 1. The SMILES string of the molecule is O=C(OCc1ccccc1)C1CCCC1CO. The summed E-state index contributed by atoms with van der Waals surface area (Å²) in [7, 11) is 0. The Morgan fingerprint density at radius 2 is 2.06 bits per heavy atom. The van der Waals surface area contributed by atoms with Gasteiger partial charge in [-0.1, -0.05) is 36.8 Å². The van der Waals surface area contributed by atoms with E-state index in [1.807, 2.05) is 30.3 Å². The maximum Gasteiger partial charge on any atom is 0.309 e. The molecule has 1 aliphatic rings.